The standard InChI is InChI=1S/C19H24N4O3/c20-14-7-3-6-13-15(14)17(25)23(16(13)24)12-5-4-10-22(11-12)19-18(26-19)21-8-1-2-9-21/h3,6-7,12,18-19H,1-2,4-5,8-11,20H2/t12-,18?,19?/m0/s1. The molecule has 0 aromatic heterocycles. The third-order valence-corrected chi connectivity index (χ3v) is 6.08. The number of imide groups is 1. The molecule has 138 valence electrons. The van der Waals surface area contributed by atoms with Gasteiger partial charge in [-0.05, 0) is 37.8 Å². The lowest BCUT2D eigenvalue weighted by molar-refractivity contribution is 0.0423. The highest BCUT2D eigenvalue weighted by Gasteiger charge is 2.50. The van der Waals surface area contributed by atoms with Crippen LogP contribution in [0.2, 0.25) is 0 Å². The van der Waals surface area contributed by atoms with Crippen LogP contribution in [0.1, 0.15) is 46.4 Å². The predicted octanol–water partition coefficient (Wildman–Crippen LogP) is 1.11. The summed E-state index contributed by atoms with van der Waals surface area (Å²) in [6, 6.07) is 4.99. The van der Waals surface area contributed by atoms with E-state index in [-0.39, 0.29) is 30.3 Å². The zero-order valence-corrected chi connectivity index (χ0v) is 14.8. The normalized spacial score (nSPS) is 32.3. The Balaban J connectivity index is 1.31. The Morgan fingerprint density at radius 2 is 1.69 bits per heavy atom. The second-order valence-electron chi connectivity index (χ2n) is 7.70. The molecule has 4 heterocycles. The summed E-state index contributed by atoms with van der Waals surface area (Å²) in [7, 11) is 0. The third kappa shape index (κ3) is 2.46. The first-order valence-corrected chi connectivity index (χ1v) is 9.55. The van der Waals surface area contributed by atoms with Crippen molar-refractivity contribution < 1.29 is 14.3 Å². The van der Waals surface area contributed by atoms with Crippen LogP contribution in [-0.2, 0) is 4.74 Å². The van der Waals surface area contributed by atoms with Crippen LogP contribution in [-0.4, -0.2) is 71.2 Å². The van der Waals surface area contributed by atoms with Gasteiger partial charge in [0.15, 0.2) is 12.5 Å². The molecule has 7 heteroatoms. The molecule has 2 unspecified atom stereocenters. The van der Waals surface area contributed by atoms with Gasteiger partial charge in [0.2, 0.25) is 0 Å². The van der Waals surface area contributed by atoms with Crippen molar-refractivity contribution in [3.05, 3.63) is 29.3 Å². The number of hydrogen-bond acceptors (Lipinski definition) is 6. The van der Waals surface area contributed by atoms with Crippen molar-refractivity contribution in [1.82, 2.24) is 14.7 Å². The van der Waals surface area contributed by atoms with E-state index in [2.05, 4.69) is 9.80 Å². The highest BCUT2D eigenvalue weighted by Crippen LogP contribution is 2.36. The first-order chi connectivity index (χ1) is 12.6. The molecule has 0 saturated carbocycles. The Hall–Kier alpha value is -1.96. The largest absolute Gasteiger partial charge is 0.398 e. The van der Waals surface area contributed by atoms with Crippen molar-refractivity contribution >= 4 is 17.5 Å². The number of benzene rings is 1. The Kier molecular flexibility index (Phi) is 3.77. The van der Waals surface area contributed by atoms with Crippen molar-refractivity contribution in [3.8, 4) is 0 Å². The van der Waals surface area contributed by atoms with Gasteiger partial charge >= 0.3 is 0 Å². The maximum atomic E-state index is 12.9. The Bertz CT molecular complexity index is 761. The summed E-state index contributed by atoms with van der Waals surface area (Å²) in [5.41, 5.74) is 7.14. The van der Waals surface area contributed by atoms with E-state index in [0.29, 0.717) is 23.4 Å². The number of rotatable bonds is 3. The van der Waals surface area contributed by atoms with Gasteiger partial charge in [-0.3, -0.25) is 24.3 Å². The number of likely N-dealkylation sites (tertiary alicyclic amines) is 2. The fourth-order valence-corrected chi connectivity index (χ4v) is 4.71. The van der Waals surface area contributed by atoms with E-state index in [9.17, 15) is 9.59 Å². The Morgan fingerprint density at radius 1 is 0.962 bits per heavy atom. The van der Waals surface area contributed by atoms with E-state index >= 15 is 0 Å². The molecule has 5 rings (SSSR count). The minimum absolute atomic E-state index is 0.108. The highest BCUT2D eigenvalue weighted by atomic mass is 16.6. The van der Waals surface area contributed by atoms with E-state index in [1.165, 1.54) is 17.7 Å². The van der Waals surface area contributed by atoms with Crippen LogP contribution in [0, 0.1) is 0 Å². The number of hydrogen-bond donors (Lipinski definition) is 1. The molecule has 7 nitrogen and oxygen atoms in total. The number of carbonyl (C=O) groups excluding carboxylic acids is 2. The summed E-state index contributed by atoms with van der Waals surface area (Å²) in [6.07, 6.45) is 4.57. The summed E-state index contributed by atoms with van der Waals surface area (Å²) in [4.78, 5) is 31.8. The average molecular weight is 356 g/mol. The van der Waals surface area contributed by atoms with Gasteiger partial charge in [0.05, 0.1) is 17.2 Å². The molecule has 1 aromatic rings. The van der Waals surface area contributed by atoms with Crippen LogP contribution < -0.4 is 5.73 Å². The van der Waals surface area contributed by atoms with Crippen LogP contribution in [0.15, 0.2) is 18.2 Å². The van der Waals surface area contributed by atoms with Crippen LogP contribution in [0.3, 0.4) is 0 Å². The van der Waals surface area contributed by atoms with Gasteiger partial charge in [-0.1, -0.05) is 6.07 Å². The molecule has 3 saturated heterocycles. The summed E-state index contributed by atoms with van der Waals surface area (Å²) < 4.78 is 5.93. The highest BCUT2D eigenvalue weighted by molar-refractivity contribution is 6.23. The second-order valence-corrected chi connectivity index (χ2v) is 7.70. The minimum Gasteiger partial charge on any atom is -0.398 e. The van der Waals surface area contributed by atoms with Gasteiger partial charge in [-0.15, -0.1) is 0 Å². The van der Waals surface area contributed by atoms with E-state index in [0.717, 1.165) is 32.5 Å². The lowest BCUT2D eigenvalue weighted by Crippen LogP contribution is -2.51. The van der Waals surface area contributed by atoms with E-state index in [1.54, 1.807) is 18.2 Å². The van der Waals surface area contributed by atoms with Crippen LogP contribution >= 0.6 is 0 Å². The fourth-order valence-electron chi connectivity index (χ4n) is 4.71. The maximum Gasteiger partial charge on any atom is 0.263 e. The van der Waals surface area contributed by atoms with Crippen LogP contribution in [0.5, 0.6) is 0 Å². The molecule has 0 aliphatic carbocycles. The maximum absolute atomic E-state index is 12.9. The number of fused-ring (bicyclic) bond motifs is 1. The minimum atomic E-state index is -0.247. The van der Waals surface area contributed by atoms with Crippen molar-refractivity contribution in [3.63, 3.8) is 0 Å². The number of ether oxygens (including phenoxy) is 1. The number of carbonyl (C=O) groups is 2. The lowest BCUT2D eigenvalue weighted by atomic mass is 10.0. The molecule has 26 heavy (non-hydrogen) atoms. The topological polar surface area (TPSA) is 82.4 Å². The SMILES string of the molecule is Nc1cccc2c1C(=O)N([C@H]1CCCN(C3OC3N3CCCC3)C1)C2=O. The molecular formula is C19H24N4O3. The van der Waals surface area contributed by atoms with Gasteiger partial charge in [0, 0.05) is 31.9 Å². The molecule has 2 amide bonds. The van der Waals surface area contributed by atoms with Gasteiger partial charge in [0.1, 0.15) is 0 Å². The number of anilines is 1. The fraction of sp³-hybridized carbons (Fsp3) is 0.579. The molecule has 2 N–H and O–H groups in total. The number of piperidine rings is 1. The summed E-state index contributed by atoms with van der Waals surface area (Å²) in [6.45, 7) is 3.85. The molecule has 0 radical (unpaired) electrons. The zero-order valence-electron chi connectivity index (χ0n) is 14.8. The van der Waals surface area contributed by atoms with Gasteiger partial charge in [0.25, 0.3) is 11.8 Å². The third-order valence-electron chi connectivity index (χ3n) is 6.08. The number of nitrogens with two attached hydrogens (primary N) is 1. The Morgan fingerprint density at radius 3 is 2.46 bits per heavy atom. The first kappa shape index (κ1) is 16.2. The molecule has 3 atom stereocenters. The van der Waals surface area contributed by atoms with E-state index < -0.39 is 0 Å². The monoisotopic (exact) mass is 356 g/mol. The van der Waals surface area contributed by atoms with Crippen molar-refractivity contribution in [2.24, 2.45) is 0 Å². The number of nitrogens with zero attached hydrogens (tertiary/aromatic N) is 3. The lowest BCUT2D eigenvalue weighted by Gasteiger charge is -2.36. The number of nitrogen functional groups attached to an aromatic ring is 1. The van der Waals surface area contributed by atoms with Gasteiger partial charge in [-0.2, -0.15) is 0 Å². The van der Waals surface area contributed by atoms with Gasteiger partial charge in [-0.25, -0.2) is 0 Å². The predicted molar refractivity (Wildman–Crippen MR) is 95.4 cm³/mol. The number of amides is 2. The quantitative estimate of drug-likeness (QED) is 0.496. The summed E-state index contributed by atoms with van der Waals surface area (Å²) in [5.74, 6) is -0.459. The molecule has 4 aliphatic heterocycles. The molecule has 3 fully saturated rings. The molecule has 1 aromatic carbocycles. The summed E-state index contributed by atoms with van der Waals surface area (Å²) >= 11 is 0. The van der Waals surface area contributed by atoms with E-state index in [1.807, 2.05) is 0 Å². The molecule has 0 spiro atoms. The average Bonchev–Trinajstić information content (AvgIpc) is 3.16. The Labute approximate surface area is 152 Å². The first-order valence-electron chi connectivity index (χ1n) is 9.55. The number of epoxide rings is 1. The molecule has 0 bridgehead atoms. The van der Waals surface area contributed by atoms with Crippen molar-refractivity contribution in [2.45, 2.75) is 44.2 Å². The molecule has 4 aliphatic rings. The van der Waals surface area contributed by atoms with E-state index in [4.69, 9.17) is 10.5 Å². The summed E-state index contributed by atoms with van der Waals surface area (Å²) in [5, 5.41) is 0. The molecular weight excluding hydrogens is 332 g/mol. The second kappa shape index (κ2) is 6.04. The smallest absolute Gasteiger partial charge is 0.263 e. The van der Waals surface area contributed by atoms with Crippen molar-refractivity contribution in [2.75, 3.05) is 31.9 Å². The van der Waals surface area contributed by atoms with Crippen LogP contribution in [0.4, 0.5) is 5.69 Å². The van der Waals surface area contributed by atoms with Crippen molar-refractivity contribution in [1.29, 1.82) is 0 Å². The van der Waals surface area contributed by atoms with Gasteiger partial charge < -0.3 is 10.5 Å². The zero-order chi connectivity index (χ0) is 17.8. The van der Waals surface area contributed by atoms with Crippen LogP contribution in [0.25, 0.3) is 0 Å².